The van der Waals surface area contributed by atoms with Crippen LogP contribution in [-0.4, -0.2) is 18.1 Å². The number of benzene rings is 2. The van der Waals surface area contributed by atoms with Crippen LogP contribution < -0.4 is 15.4 Å². The molecule has 1 aromatic heterocycles. The van der Waals surface area contributed by atoms with Crippen molar-refractivity contribution < 1.29 is 9.53 Å². The molecule has 7 heteroatoms. The first-order chi connectivity index (χ1) is 12.0. The number of urea groups is 1. The van der Waals surface area contributed by atoms with Crippen molar-refractivity contribution in [1.82, 2.24) is 4.98 Å². The number of anilines is 2. The largest absolute Gasteiger partial charge is 0.495 e. The van der Waals surface area contributed by atoms with E-state index in [-0.39, 0.29) is 0 Å². The first kappa shape index (κ1) is 17.3. The zero-order chi connectivity index (χ0) is 18.0. The van der Waals surface area contributed by atoms with Crippen molar-refractivity contribution in [3.63, 3.8) is 0 Å². The van der Waals surface area contributed by atoms with Crippen LogP contribution in [0.2, 0.25) is 10.0 Å². The lowest BCUT2D eigenvalue weighted by molar-refractivity contribution is 0.262. The van der Waals surface area contributed by atoms with Crippen LogP contribution in [0.1, 0.15) is 5.69 Å². The lowest BCUT2D eigenvalue weighted by Gasteiger charge is -2.13. The quantitative estimate of drug-likeness (QED) is 0.634. The number of carbonyl (C=O) groups excluding carboxylic acids is 1. The smallest absolute Gasteiger partial charge is 0.323 e. The van der Waals surface area contributed by atoms with Crippen LogP contribution in [0.25, 0.3) is 10.9 Å². The zero-order valence-corrected chi connectivity index (χ0v) is 15.1. The number of hydrogen-bond donors (Lipinski definition) is 2. The fraction of sp³-hybridized carbons (Fsp3) is 0.111. The summed E-state index contributed by atoms with van der Waals surface area (Å²) in [5.41, 5.74) is 2.59. The van der Waals surface area contributed by atoms with Crippen molar-refractivity contribution in [3.05, 3.63) is 58.2 Å². The number of ether oxygens (including phenoxy) is 1. The van der Waals surface area contributed by atoms with E-state index in [1.54, 1.807) is 36.4 Å². The molecule has 0 unspecified atom stereocenters. The molecule has 3 rings (SSSR count). The molecule has 5 nitrogen and oxygen atoms in total. The van der Waals surface area contributed by atoms with Gasteiger partial charge >= 0.3 is 6.03 Å². The highest BCUT2D eigenvalue weighted by molar-refractivity contribution is 6.31. The van der Waals surface area contributed by atoms with E-state index in [0.29, 0.717) is 32.7 Å². The molecule has 0 aliphatic rings. The van der Waals surface area contributed by atoms with Gasteiger partial charge in [0, 0.05) is 21.1 Å². The Morgan fingerprint density at radius 3 is 2.44 bits per heavy atom. The monoisotopic (exact) mass is 375 g/mol. The predicted molar refractivity (Wildman–Crippen MR) is 102 cm³/mol. The first-order valence-corrected chi connectivity index (χ1v) is 8.20. The second kappa shape index (κ2) is 7.17. The second-order valence-corrected chi connectivity index (χ2v) is 6.27. The third-order valence-electron chi connectivity index (χ3n) is 3.56. The van der Waals surface area contributed by atoms with Crippen molar-refractivity contribution in [2.75, 3.05) is 17.7 Å². The Morgan fingerprint density at radius 1 is 1.00 bits per heavy atom. The Morgan fingerprint density at radius 2 is 1.68 bits per heavy atom. The van der Waals surface area contributed by atoms with Crippen molar-refractivity contribution in [3.8, 4) is 5.75 Å². The number of nitrogens with zero attached hydrogens (tertiary/aromatic N) is 1. The topological polar surface area (TPSA) is 63.2 Å². The summed E-state index contributed by atoms with van der Waals surface area (Å²) < 4.78 is 5.23. The molecule has 0 spiro atoms. The van der Waals surface area contributed by atoms with E-state index in [2.05, 4.69) is 15.6 Å². The maximum atomic E-state index is 12.4. The SMILES string of the molecule is COc1ccc(Cl)cc1NC(=O)Nc1cc(C)nc2cc(Cl)ccc12. The van der Waals surface area contributed by atoms with E-state index in [0.717, 1.165) is 11.1 Å². The van der Waals surface area contributed by atoms with Crippen LogP contribution in [0.15, 0.2) is 42.5 Å². The summed E-state index contributed by atoms with van der Waals surface area (Å²) in [4.78, 5) is 16.8. The number of rotatable bonds is 3. The molecule has 128 valence electrons. The normalized spacial score (nSPS) is 10.6. The molecule has 0 atom stereocenters. The minimum absolute atomic E-state index is 0.414. The minimum atomic E-state index is -0.414. The van der Waals surface area contributed by atoms with Gasteiger partial charge in [-0.15, -0.1) is 0 Å². The van der Waals surface area contributed by atoms with Gasteiger partial charge in [-0.05, 0) is 49.4 Å². The van der Waals surface area contributed by atoms with Crippen molar-refractivity contribution in [2.24, 2.45) is 0 Å². The lowest BCUT2D eigenvalue weighted by Crippen LogP contribution is -2.20. The number of fused-ring (bicyclic) bond motifs is 1. The van der Waals surface area contributed by atoms with Gasteiger partial charge in [-0.1, -0.05) is 23.2 Å². The Hall–Kier alpha value is -2.50. The van der Waals surface area contributed by atoms with Crippen LogP contribution in [0.4, 0.5) is 16.2 Å². The molecule has 0 saturated heterocycles. The van der Waals surface area contributed by atoms with E-state index >= 15 is 0 Å². The Labute approximate surface area is 154 Å². The third kappa shape index (κ3) is 3.95. The number of amides is 2. The first-order valence-electron chi connectivity index (χ1n) is 7.45. The number of pyridine rings is 1. The van der Waals surface area contributed by atoms with Crippen molar-refractivity contribution in [1.29, 1.82) is 0 Å². The van der Waals surface area contributed by atoms with Crippen LogP contribution in [0.5, 0.6) is 5.75 Å². The van der Waals surface area contributed by atoms with Gasteiger partial charge in [0.2, 0.25) is 0 Å². The molecule has 2 amide bonds. The fourth-order valence-corrected chi connectivity index (χ4v) is 2.83. The van der Waals surface area contributed by atoms with E-state index in [9.17, 15) is 4.79 Å². The van der Waals surface area contributed by atoms with E-state index in [4.69, 9.17) is 27.9 Å². The lowest BCUT2D eigenvalue weighted by atomic mass is 10.1. The minimum Gasteiger partial charge on any atom is -0.495 e. The highest BCUT2D eigenvalue weighted by Crippen LogP contribution is 2.29. The van der Waals surface area contributed by atoms with Gasteiger partial charge < -0.3 is 15.4 Å². The maximum absolute atomic E-state index is 12.4. The van der Waals surface area contributed by atoms with Gasteiger partial charge in [-0.3, -0.25) is 4.98 Å². The summed E-state index contributed by atoms with van der Waals surface area (Å²) in [5.74, 6) is 0.516. The molecule has 0 fully saturated rings. The molecular formula is C18H15Cl2N3O2. The average molecular weight is 376 g/mol. The molecule has 0 aliphatic carbocycles. The Bertz CT molecular complexity index is 955. The highest BCUT2D eigenvalue weighted by Gasteiger charge is 2.11. The Balaban J connectivity index is 1.89. The van der Waals surface area contributed by atoms with Gasteiger partial charge in [0.15, 0.2) is 0 Å². The number of methoxy groups -OCH3 is 1. The third-order valence-corrected chi connectivity index (χ3v) is 4.03. The number of carbonyl (C=O) groups is 1. The molecule has 0 radical (unpaired) electrons. The number of aromatic nitrogens is 1. The number of halogens is 2. The number of aryl methyl sites for hydroxylation is 1. The summed E-state index contributed by atoms with van der Waals surface area (Å²) >= 11 is 12.0. The van der Waals surface area contributed by atoms with Gasteiger partial charge in [0.1, 0.15) is 5.75 Å². The molecule has 2 N–H and O–H groups in total. The van der Waals surface area contributed by atoms with Crippen LogP contribution in [0.3, 0.4) is 0 Å². The van der Waals surface area contributed by atoms with Crippen LogP contribution in [-0.2, 0) is 0 Å². The molecule has 0 aliphatic heterocycles. The molecule has 0 saturated carbocycles. The number of nitrogens with one attached hydrogen (secondary N) is 2. The standard InChI is InChI=1S/C18H15Cl2N3O2/c1-10-7-14(13-5-3-11(19)8-15(13)21-10)22-18(24)23-16-9-12(20)4-6-17(16)25-2/h3-9H,1-2H3,(H2,21,22,23,24). The fourth-order valence-electron chi connectivity index (χ4n) is 2.49. The molecule has 2 aromatic carbocycles. The zero-order valence-electron chi connectivity index (χ0n) is 13.6. The van der Waals surface area contributed by atoms with E-state index in [1.165, 1.54) is 7.11 Å². The van der Waals surface area contributed by atoms with Crippen molar-refractivity contribution in [2.45, 2.75) is 6.92 Å². The summed E-state index contributed by atoms with van der Waals surface area (Å²) in [7, 11) is 1.52. The van der Waals surface area contributed by atoms with Gasteiger partial charge in [-0.2, -0.15) is 0 Å². The summed E-state index contributed by atoms with van der Waals surface area (Å²) in [6, 6.07) is 11.7. The number of hydrogen-bond acceptors (Lipinski definition) is 3. The van der Waals surface area contributed by atoms with Crippen LogP contribution >= 0.6 is 23.2 Å². The second-order valence-electron chi connectivity index (χ2n) is 5.40. The molecule has 1 heterocycles. The average Bonchev–Trinajstić information content (AvgIpc) is 2.54. The van der Waals surface area contributed by atoms with Gasteiger partial charge in [-0.25, -0.2) is 4.79 Å². The summed E-state index contributed by atoms with van der Waals surface area (Å²) in [5, 5.41) is 7.45. The summed E-state index contributed by atoms with van der Waals surface area (Å²) in [6.45, 7) is 1.85. The van der Waals surface area contributed by atoms with E-state index < -0.39 is 6.03 Å². The summed E-state index contributed by atoms with van der Waals surface area (Å²) in [6.07, 6.45) is 0. The van der Waals surface area contributed by atoms with Crippen molar-refractivity contribution >= 4 is 51.5 Å². The molecule has 0 bridgehead atoms. The van der Waals surface area contributed by atoms with E-state index in [1.807, 2.05) is 13.0 Å². The molecule has 3 aromatic rings. The Kier molecular flexibility index (Phi) is 4.97. The predicted octanol–water partition coefficient (Wildman–Crippen LogP) is 5.50. The van der Waals surface area contributed by atoms with Gasteiger partial charge in [0.25, 0.3) is 0 Å². The van der Waals surface area contributed by atoms with Gasteiger partial charge in [0.05, 0.1) is 24.0 Å². The molecular weight excluding hydrogens is 361 g/mol. The highest BCUT2D eigenvalue weighted by atomic mass is 35.5. The van der Waals surface area contributed by atoms with Crippen LogP contribution in [0, 0.1) is 6.92 Å². The molecule has 25 heavy (non-hydrogen) atoms. The maximum Gasteiger partial charge on any atom is 0.323 e.